The zero-order valence-corrected chi connectivity index (χ0v) is 36.8. The van der Waals surface area contributed by atoms with E-state index in [0.29, 0.717) is 12.8 Å². The molecule has 0 saturated carbocycles. The Hall–Kier alpha value is -3.26. The largest absolute Gasteiger partial charge is 0.414 e. The lowest BCUT2D eigenvalue weighted by molar-refractivity contribution is -0.257. The Morgan fingerprint density at radius 1 is 0.763 bits per heavy atom. The van der Waals surface area contributed by atoms with Gasteiger partial charge in [-0.25, -0.2) is 0 Å². The van der Waals surface area contributed by atoms with Crippen molar-refractivity contribution in [3.05, 3.63) is 144 Å². The van der Waals surface area contributed by atoms with Gasteiger partial charge < -0.3 is 43.4 Å². The SMILES string of the molecule is C[C@H](Cc1ccccc1)[C@@H](CCC[C@@]12OC[C@@]([C@](O)(COCc3ccccc3)[C@H](O)COCc3ccccc3)(O1)[C@H](O)[C@@H]2OCc1ccccc1)O[Si](C)(C)C(C)(C)C. The molecule has 0 aliphatic carbocycles. The summed E-state index contributed by atoms with van der Waals surface area (Å²) in [6.07, 6.45) is -1.33. The molecular weight excluding hydrogens is 761 g/mol. The fourth-order valence-corrected chi connectivity index (χ4v) is 9.62. The van der Waals surface area contributed by atoms with Crippen molar-refractivity contribution in [2.45, 2.75) is 133 Å². The number of ether oxygens (including phenoxy) is 5. The van der Waals surface area contributed by atoms with Crippen molar-refractivity contribution in [2.75, 3.05) is 19.8 Å². The van der Waals surface area contributed by atoms with Crippen LogP contribution in [-0.4, -0.2) is 84.9 Å². The number of fused-ring (bicyclic) bond motifs is 2. The molecule has 2 fully saturated rings. The average Bonchev–Trinajstić information content (AvgIpc) is 3.73. The maximum Gasteiger partial charge on any atom is 0.198 e. The van der Waals surface area contributed by atoms with Gasteiger partial charge in [-0.3, -0.25) is 0 Å². The second-order valence-corrected chi connectivity index (χ2v) is 22.9. The molecule has 0 spiro atoms. The van der Waals surface area contributed by atoms with Crippen molar-refractivity contribution >= 4 is 8.32 Å². The molecule has 59 heavy (non-hydrogen) atoms. The Bertz CT molecular complexity index is 1840. The summed E-state index contributed by atoms with van der Waals surface area (Å²) in [6, 6.07) is 39.5. The van der Waals surface area contributed by atoms with Crippen LogP contribution in [0.15, 0.2) is 121 Å². The summed E-state index contributed by atoms with van der Waals surface area (Å²) in [6.45, 7) is 13.4. The quantitative estimate of drug-likeness (QED) is 0.0673. The maximum atomic E-state index is 12.9. The van der Waals surface area contributed by atoms with E-state index in [2.05, 4.69) is 65.1 Å². The topological polar surface area (TPSA) is 116 Å². The lowest BCUT2D eigenvalue weighted by Crippen LogP contribution is -2.71. The first kappa shape index (κ1) is 45.3. The van der Waals surface area contributed by atoms with Crippen LogP contribution in [0.5, 0.6) is 0 Å². The van der Waals surface area contributed by atoms with Gasteiger partial charge in [0.25, 0.3) is 0 Å². The summed E-state index contributed by atoms with van der Waals surface area (Å²) < 4.78 is 39.5. The third-order valence-electron chi connectivity index (χ3n) is 12.8. The maximum absolute atomic E-state index is 12.9. The van der Waals surface area contributed by atoms with E-state index in [1.807, 2.05) is 97.1 Å². The smallest absolute Gasteiger partial charge is 0.198 e. The lowest BCUT2D eigenvalue weighted by atomic mass is 9.74. The van der Waals surface area contributed by atoms with E-state index in [1.54, 1.807) is 0 Å². The zero-order valence-electron chi connectivity index (χ0n) is 35.8. The molecule has 2 bridgehead atoms. The Labute approximate surface area is 352 Å². The highest BCUT2D eigenvalue weighted by Gasteiger charge is 2.77. The standard InChI is InChI=1S/C49H66O9Si/c1-37(30-38-20-11-7-12-21-38)42(57-59(5,6)46(2,3)4)28-19-29-49-45(55-33-41-26-17-10-18-27-41)44(51)48(58-49,36-56-49)47(52,35-54-32-40-24-15-9-16-25-40)43(50)34-53-31-39-22-13-8-14-23-39/h7-18,20-27,37,42-45,50-52H,19,28-36H2,1-6H3/t37-,42-,43-,44-,45+,47+,48-,49-/m1/s1. The van der Waals surface area contributed by atoms with Gasteiger partial charge in [-0.1, -0.05) is 149 Å². The molecule has 0 amide bonds. The Kier molecular flexibility index (Phi) is 15.1. The van der Waals surface area contributed by atoms with Gasteiger partial charge in [0.1, 0.15) is 23.9 Å². The third kappa shape index (κ3) is 10.6. The summed E-state index contributed by atoms with van der Waals surface area (Å²) in [5.41, 5.74) is 0.0292. The molecule has 0 radical (unpaired) electrons. The van der Waals surface area contributed by atoms with Gasteiger partial charge in [-0.15, -0.1) is 0 Å². The van der Waals surface area contributed by atoms with E-state index >= 15 is 0 Å². The van der Waals surface area contributed by atoms with Crippen LogP contribution in [0.1, 0.15) is 69.2 Å². The van der Waals surface area contributed by atoms with Crippen LogP contribution in [0, 0.1) is 5.92 Å². The van der Waals surface area contributed by atoms with Crippen molar-refractivity contribution in [2.24, 2.45) is 5.92 Å². The van der Waals surface area contributed by atoms with Crippen molar-refractivity contribution < 1.29 is 43.4 Å². The van der Waals surface area contributed by atoms with E-state index in [0.717, 1.165) is 29.5 Å². The monoisotopic (exact) mass is 826 g/mol. The van der Waals surface area contributed by atoms with E-state index in [1.165, 1.54) is 5.56 Å². The second-order valence-electron chi connectivity index (χ2n) is 18.1. The second kappa shape index (κ2) is 19.6. The number of hydrogen-bond donors (Lipinski definition) is 3. The minimum Gasteiger partial charge on any atom is -0.414 e. The first-order valence-corrected chi connectivity index (χ1v) is 24.1. The minimum absolute atomic E-state index is 0.0261. The normalized spacial score (nSPS) is 24.4. The van der Waals surface area contributed by atoms with Crippen LogP contribution in [0.2, 0.25) is 18.1 Å². The summed E-state index contributed by atoms with van der Waals surface area (Å²) in [5, 5.41) is 37.3. The predicted molar refractivity (Wildman–Crippen MR) is 232 cm³/mol. The fourth-order valence-electron chi connectivity index (χ4n) is 8.16. The molecule has 4 aromatic rings. The molecule has 2 heterocycles. The molecule has 4 aromatic carbocycles. The number of hydrogen-bond acceptors (Lipinski definition) is 9. The molecule has 9 nitrogen and oxygen atoms in total. The molecular formula is C49H66O9Si. The van der Waals surface area contributed by atoms with Crippen molar-refractivity contribution in [3.8, 4) is 0 Å². The van der Waals surface area contributed by atoms with E-state index in [4.69, 9.17) is 28.1 Å². The fraction of sp³-hybridized carbons (Fsp3) is 0.510. The van der Waals surface area contributed by atoms with Gasteiger partial charge in [0.05, 0.1) is 39.6 Å². The molecule has 3 N–H and O–H groups in total. The first-order valence-electron chi connectivity index (χ1n) is 21.2. The van der Waals surface area contributed by atoms with E-state index < -0.39 is 43.6 Å². The number of rotatable bonds is 22. The third-order valence-corrected chi connectivity index (χ3v) is 17.3. The number of aliphatic hydroxyl groups excluding tert-OH is 2. The van der Waals surface area contributed by atoms with Crippen molar-refractivity contribution in [3.63, 3.8) is 0 Å². The highest BCUT2D eigenvalue weighted by Crippen LogP contribution is 2.55. The van der Waals surface area contributed by atoms with E-state index in [-0.39, 0.29) is 56.7 Å². The zero-order chi connectivity index (χ0) is 42.2. The average molecular weight is 827 g/mol. The van der Waals surface area contributed by atoms with Crippen molar-refractivity contribution in [1.82, 2.24) is 0 Å². The molecule has 2 saturated heterocycles. The molecule has 6 rings (SSSR count). The van der Waals surface area contributed by atoms with Gasteiger partial charge in [-0.2, -0.15) is 0 Å². The van der Waals surface area contributed by atoms with Crippen LogP contribution in [0.25, 0.3) is 0 Å². The number of aliphatic hydroxyl groups is 3. The molecule has 8 atom stereocenters. The van der Waals surface area contributed by atoms with Gasteiger partial charge in [0, 0.05) is 12.5 Å². The molecule has 2 aliphatic heterocycles. The minimum atomic E-state index is -2.16. The van der Waals surface area contributed by atoms with Crippen LogP contribution in [0.3, 0.4) is 0 Å². The highest BCUT2D eigenvalue weighted by atomic mass is 28.4. The molecule has 0 unspecified atom stereocenters. The van der Waals surface area contributed by atoms with Gasteiger partial charge in [-0.05, 0) is 65.6 Å². The highest BCUT2D eigenvalue weighted by molar-refractivity contribution is 6.74. The van der Waals surface area contributed by atoms with Crippen LogP contribution >= 0.6 is 0 Å². The number of benzene rings is 4. The summed E-state index contributed by atoms with van der Waals surface area (Å²) in [5.74, 6) is -1.19. The van der Waals surface area contributed by atoms with Gasteiger partial charge in [0.2, 0.25) is 0 Å². The first-order chi connectivity index (χ1) is 28.2. The summed E-state index contributed by atoms with van der Waals surface area (Å²) in [4.78, 5) is 0. The van der Waals surface area contributed by atoms with Crippen molar-refractivity contribution in [1.29, 1.82) is 0 Å². The van der Waals surface area contributed by atoms with Crippen LogP contribution < -0.4 is 0 Å². The summed E-state index contributed by atoms with van der Waals surface area (Å²) >= 11 is 0. The molecule has 2 aliphatic rings. The van der Waals surface area contributed by atoms with Crippen LogP contribution in [0.4, 0.5) is 0 Å². The Morgan fingerprint density at radius 2 is 1.27 bits per heavy atom. The lowest BCUT2D eigenvalue weighted by Gasteiger charge is -2.46. The van der Waals surface area contributed by atoms with Gasteiger partial charge in [0.15, 0.2) is 19.7 Å². The van der Waals surface area contributed by atoms with Gasteiger partial charge >= 0.3 is 0 Å². The molecule has 320 valence electrons. The Balaban J connectivity index is 1.27. The Morgan fingerprint density at radius 3 is 1.81 bits per heavy atom. The molecule has 0 aromatic heterocycles. The van der Waals surface area contributed by atoms with E-state index in [9.17, 15) is 15.3 Å². The molecule has 10 heteroatoms. The van der Waals surface area contributed by atoms with Crippen LogP contribution in [-0.2, 0) is 54.4 Å². The summed E-state index contributed by atoms with van der Waals surface area (Å²) in [7, 11) is -2.16. The predicted octanol–water partition coefficient (Wildman–Crippen LogP) is 8.39.